The van der Waals surface area contributed by atoms with Gasteiger partial charge in [0.05, 0.1) is 0 Å². The fourth-order valence-corrected chi connectivity index (χ4v) is 5.03. The molecule has 214 valence electrons. The number of hydrogen-bond acceptors (Lipinski definition) is 2. The molecule has 2 heteroatoms. The van der Waals surface area contributed by atoms with Gasteiger partial charge in [-0.1, -0.05) is 119 Å². The van der Waals surface area contributed by atoms with E-state index < -0.39 is 0 Å². The van der Waals surface area contributed by atoms with E-state index in [-0.39, 0.29) is 11.4 Å². The van der Waals surface area contributed by atoms with Crippen LogP contribution < -0.4 is 0 Å². The van der Waals surface area contributed by atoms with Crippen molar-refractivity contribution < 1.29 is 9.53 Å². The fraction of sp³-hybridized carbons (Fsp3) is 0.639. The molecule has 0 aliphatic heterocycles. The number of rotatable bonds is 19. The van der Waals surface area contributed by atoms with Crippen LogP contribution in [0.5, 0.6) is 0 Å². The van der Waals surface area contributed by atoms with E-state index >= 15 is 0 Å². The molecule has 0 aromatic carbocycles. The Labute approximate surface area is 236 Å². The zero-order chi connectivity index (χ0) is 28.1. The Kier molecular flexibility index (Phi) is 18.6. The Morgan fingerprint density at radius 3 is 2.24 bits per heavy atom. The normalized spacial score (nSPS) is 16.9. The number of unbranched alkanes of at least 4 members (excludes halogenated alkanes) is 9. The summed E-state index contributed by atoms with van der Waals surface area (Å²) in [5.74, 6) is -0.0832. The van der Waals surface area contributed by atoms with Gasteiger partial charge in [-0.05, 0) is 89.2 Å². The molecule has 0 heterocycles. The van der Waals surface area contributed by atoms with Crippen LogP contribution in [0.25, 0.3) is 0 Å². The summed E-state index contributed by atoms with van der Waals surface area (Å²) >= 11 is 0. The van der Waals surface area contributed by atoms with E-state index in [0.717, 1.165) is 18.4 Å². The Balaban J connectivity index is 2.16. The minimum atomic E-state index is -0.0832. The van der Waals surface area contributed by atoms with Gasteiger partial charge in [0.15, 0.2) is 0 Å². The maximum Gasteiger partial charge on any atom is 0.306 e. The third kappa shape index (κ3) is 16.7. The lowest BCUT2D eigenvalue weighted by Crippen LogP contribution is -2.19. The molecule has 38 heavy (non-hydrogen) atoms. The van der Waals surface area contributed by atoms with Crippen LogP contribution >= 0.6 is 0 Å². The molecule has 0 atom stereocenters. The van der Waals surface area contributed by atoms with Crippen LogP contribution in [0.4, 0.5) is 0 Å². The molecular weight excluding hydrogens is 464 g/mol. The Morgan fingerprint density at radius 1 is 0.895 bits per heavy atom. The van der Waals surface area contributed by atoms with E-state index in [1.54, 1.807) is 0 Å². The van der Waals surface area contributed by atoms with Crippen LogP contribution in [0.1, 0.15) is 138 Å². The number of esters is 1. The summed E-state index contributed by atoms with van der Waals surface area (Å²) in [5.41, 5.74) is 5.63. The van der Waals surface area contributed by atoms with Crippen molar-refractivity contribution in [3.63, 3.8) is 0 Å². The topological polar surface area (TPSA) is 26.3 Å². The zero-order valence-corrected chi connectivity index (χ0v) is 25.7. The van der Waals surface area contributed by atoms with Gasteiger partial charge in [0.1, 0.15) is 6.61 Å². The highest BCUT2D eigenvalue weighted by Gasteiger charge is 2.26. The lowest BCUT2D eigenvalue weighted by Gasteiger charge is -2.32. The zero-order valence-electron chi connectivity index (χ0n) is 25.7. The van der Waals surface area contributed by atoms with Crippen molar-refractivity contribution >= 4 is 5.97 Å². The summed E-state index contributed by atoms with van der Waals surface area (Å²) < 4.78 is 5.39. The van der Waals surface area contributed by atoms with Crippen molar-refractivity contribution in [2.24, 2.45) is 5.41 Å². The first-order valence-corrected chi connectivity index (χ1v) is 15.5. The largest absolute Gasteiger partial charge is 0.461 e. The summed E-state index contributed by atoms with van der Waals surface area (Å²) in [7, 11) is 0. The summed E-state index contributed by atoms with van der Waals surface area (Å²) in [6, 6.07) is 0. The first-order valence-electron chi connectivity index (χ1n) is 15.5. The Morgan fingerprint density at radius 2 is 1.55 bits per heavy atom. The lowest BCUT2D eigenvalue weighted by molar-refractivity contribution is -0.142. The second-order valence-corrected chi connectivity index (χ2v) is 11.8. The minimum Gasteiger partial charge on any atom is -0.461 e. The monoisotopic (exact) mass is 522 g/mol. The van der Waals surface area contributed by atoms with Crippen molar-refractivity contribution in [2.75, 3.05) is 6.61 Å². The molecule has 0 aromatic heterocycles. The van der Waals surface area contributed by atoms with Gasteiger partial charge in [-0.25, -0.2) is 0 Å². The molecule has 0 fully saturated rings. The van der Waals surface area contributed by atoms with Gasteiger partial charge >= 0.3 is 5.97 Å². The van der Waals surface area contributed by atoms with Crippen molar-refractivity contribution in [2.45, 2.75) is 138 Å². The fourth-order valence-electron chi connectivity index (χ4n) is 5.03. The highest BCUT2D eigenvalue weighted by molar-refractivity contribution is 5.69. The molecule has 0 spiro atoms. The standard InChI is InChI=1S/C36H58O2/c1-7-8-9-10-11-12-13-14-15-16-17-18-19-25-35(37)38-30-28-32(3)23-20-22-31(2)26-27-34-33(4)24-21-29-36(34,5)6/h12-13,20,22-23,26-28H,7-11,14-19,21,24-25,29-30H2,1-6H3/b13-12-,23-20?,27-26?,31-22?,32-28?. The molecule has 0 aromatic rings. The molecule has 2 nitrogen and oxygen atoms in total. The third-order valence-electron chi connectivity index (χ3n) is 7.57. The smallest absolute Gasteiger partial charge is 0.306 e. The van der Waals surface area contributed by atoms with E-state index in [0.29, 0.717) is 13.0 Å². The molecular formula is C36H58O2. The van der Waals surface area contributed by atoms with Gasteiger partial charge in [0.2, 0.25) is 0 Å². The van der Waals surface area contributed by atoms with Crippen molar-refractivity contribution in [3.05, 3.63) is 70.9 Å². The summed E-state index contributed by atoms with van der Waals surface area (Å²) in [4.78, 5) is 12.0. The molecule has 1 aliphatic carbocycles. The first-order chi connectivity index (χ1) is 18.3. The van der Waals surface area contributed by atoms with Crippen LogP contribution in [0.3, 0.4) is 0 Å². The van der Waals surface area contributed by atoms with Gasteiger partial charge in [0, 0.05) is 6.42 Å². The molecule has 1 rings (SSSR count). The summed E-state index contributed by atoms with van der Waals surface area (Å²) in [5, 5.41) is 0. The Bertz CT molecular complexity index is 845. The Hall–Kier alpha value is -2.09. The number of ether oxygens (including phenoxy) is 1. The van der Waals surface area contributed by atoms with Crippen LogP contribution in [-0.2, 0) is 9.53 Å². The van der Waals surface area contributed by atoms with E-state index in [1.165, 1.54) is 93.8 Å². The van der Waals surface area contributed by atoms with Crippen LogP contribution in [-0.4, -0.2) is 12.6 Å². The molecule has 0 saturated carbocycles. The van der Waals surface area contributed by atoms with E-state index in [2.05, 4.69) is 77.2 Å². The highest BCUT2D eigenvalue weighted by Crippen LogP contribution is 2.40. The van der Waals surface area contributed by atoms with Crippen LogP contribution in [0, 0.1) is 5.41 Å². The van der Waals surface area contributed by atoms with Crippen molar-refractivity contribution in [1.29, 1.82) is 0 Å². The van der Waals surface area contributed by atoms with Crippen molar-refractivity contribution in [1.82, 2.24) is 0 Å². The van der Waals surface area contributed by atoms with E-state index in [9.17, 15) is 4.79 Å². The minimum absolute atomic E-state index is 0.0832. The van der Waals surface area contributed by atoms with Gasteiger partial charge in [-0.2, -0.15) is 0 Å². The van der Waals surface area contributed by atoms with Gasteiger partial charge < -0.3 is 4.74 Å². The number of allylic oxidation sites excluding steroid dienone is 11. The SMILES string of the molecule is CCCCCC/C=C\CCCCCCCC(=O)OCC=C(C)C=CC=C(C)C=CC1=C(C)CCCC1(C)C. The summed E-state index contributed by atoms with van der Waals surface area (Å²) in [6.45, 7) is 13.8. The summed E-state index contributed by atoms with van der Waals surface area (Å²) in [6.07, 6.45) is 35.4. The van der Waals surface area contributed by atoms with Gasteiger partial charge in [-0.3, -0.25) is 4.79 Å². The molecule has 0 unspecified atom stereocenters. The second-order valence-electron chi connectivity index (χ2n) is 11.8. The molecule has 0 radical (unpaired) electrons. The van der Waals surface area contributed by atoms with Crippen LogP contribution in [0.15, 0.2) is 70.9 Å². The predicted octanol–water partition coefficient (Wildman–Crippen LogP) is 11.3. The number of hydrogen-bond donors (Lipinski definition) is 0. The number of carbonyl (C=O) groups excluding carboxylic acids is 1. The van der Waals surface area contributed by atoms with E-state index in [4.69, 9.17) is 4.74 Å². The molecule has 0 bridgehead atoms. The van der Waals surface area contributed by atoms with Crippen LogP contribution in [0.2, 0.25) is 0 Å². The molecule has 0 saturated heterocycles. The average molecular weight is 523 g/mol. The predicted molar refractivity (Wildman–Crippen MR) is 167 cm³/mol. The molecule has 1 aliphatic rings. The van der Waals surface area contributed by atoms with Gasteiger partial charge in [0.25, 0.3) is 0 Å². The second kappa shape index (κ2) is 20.8. The van der Waals surface area contributed by atoms with Crippen molar-refractivity contribution in [3.8, 4) is 0 Å². The first kappa shape index (κ1) is 33.9. The molecule has 0 N–H and O–H groups in total. The lowest BCUT2D eigenvalue weighted by atomic mass is 9.72. The average Bonchev–Trinajstić information content (AvgIpc) is 2.86. The maximum atomic E-state index is 12.0. The highest BCUT2D eigenvalue weighted by atomic mass is 16.5. The van der Waals surface area contributed by atoms with Gasteiger partial charge in [-0.15, -0.1) is 0 Å². The van der Waals surface area contributed by atoms with E-state index in [1.807, 2.05) is 13.0 Å². The number of carbonyl (C=O) groups is 1. The molecule has 0 amide bonds. The maximum absolute atomic E-state index is 12.0. The third-order valence-corrected chi connectivity index (χ3v) is 7.57. The quantitative estimate of drug-likeness (QED) is 0.0729.